The molecule has 1 heterocycles. The molecule has 0 saturated carbocycles. The van der Waals surface area contributed by atoms with E-state index in [-0.39, 0.29) is 20.4 Å². The third kappa shape index (κ3) is 58.6. The van der Waals surface area contributed by atoms with Crippen molar-refractivity contribution in [1.29, 1.82) is 0 Å². The van der Waals surface area contributed by atoms with Gasteiger partial charge in [-0.15, -0.1) is 0 Å². The smallest absolute Gasteiger partial charge is 0.493 e. The van der Waals surface area contributed by atoms with Gasteiger partial charge in [0, 0.05) is 23.1 Å². The fraction of sp³-hybridized carbons (Fsp3) is 0.817. The van der Waals surface area contributed by atoms with Crippen molar-refractivity contribution in [3.63, 3.8) is 0 Å². The SMILES string of the molecule is CCCC#CC1=C(c2cc(CCCCCC)c(CCCCCC)c(CCCCCC)c2)[N+](=[N-])C(c2cc(CCCCCC)c(CCCCCC)c(CCCCCC)c2)=C1CCCC.[CH2-]CCCCCCCCCCCCCCCCCCCCCCC.[CH2-]CCCCCCCCCCCCCCCCCCCCCCC.[Pd+2]. The summed E-state index contributed by atoms with van der Waals surface area (Å²) in [5, 5.41) is 0. The fourth-order valence-electron chi connectivity index (χ4n) is 17.2. The van der Waals surface area contributed by atoms with Gasteiger partial charge in [-0.2, -0.15) is 12.8 Å². The van der Waals surface area contributed by atoms with E-state index in [0.29, 0.717) is 0 Å². The van der Waals surface area contributed by atoms with Crippen molar-refractivity contribution in [2.45, 2.75) is 576 Å². The Kier molecular flexibility index (Phi) is 83.5. The van der Waals surface area contributed by atoms with Crippen LogP contribution >= 0.6 is 0 Å². The Morgan fingerprint density at radius 2 is 0.446 bits per heavy atom. The summed E-state index contributed by atoms with van der Waals surface area (Å²) in [4.78, 5) is 0. The molecule has 0 bridgehead atoms. The van der Waals surface area contributed by atoms with Crippen LogP contribution in [-0.4, -0.2) is 4.70 Å². The minimum Gasteiger partial charge on any atom is -0.493 e. The van der Waals surface area contributed by atoms with Crippen LogP contribution in [-0.2, 0) is 58.9 Å². The second-order valence-electron chi connectivity index (χ2n) is 35.3. The normalized spacial score (nSPS) is 12.1. The van der Waals surface area contributed by atoms with Crippen molar-refractivity contribution in [1.82, 2.24) is 0 Å². The molecule has 2 aromatic rings. The van der Waals surface area contributed by atoms with Crippen molar-refractivity contribution < 1.29 is 25.1 Å². The molecule has 0 fully saturated rings. The van der Waals surface area contributed by atoms with E-state index in [9.17, 15) is 5.53 Å². The predicted octanol–water partition coefficient (Wildman–Crippen LogP) is 38.4. The van der Waals surface area contributed by atoms with Gasteiger partial charge in [0.15, 0.2) is 0 Å². The van der Waals surface area contributed by atoms with Crippen LogP contribution < -0.4 is 0 Å². The molecule has 0 unspecified atom stereocenters. The maximum Gasteiger partial charge on any atom is 2.00 e. The van der Waals surface area contributed by atoms with E-state index >= 15 is 0 Å². The summed E-state index contributed by atoms with van der Waals surface area (Å²) < 4.78 is 1.66. The topological polar surface area (TPSA) is 25.3 Å². The van der Waals surface area contributed by atoms with Gasteiger partial charge in [0.1, 0.15) is 5.57 Å². The van der Waals surface area contributed by atoms with E-state index in [1.165, 1.54) is 464 Å². The number of benzene rings is 2. The molecule has 3 heteroatoms. The van der Waals surface area contributed by atoms with Crippen LogP contribution in [0.4, 0.5) is 0 Å². The molecule has 2 aromatic carbocycles. The van der Waals surface area contributed by atoms with Crippen LogP contribution in [0.5, 0.6) is 0 Å². The summed E-state index contributed by atoms with van der Waals surface area (Å²) in [5.74, 6) is 7.41. The molecule has 0 saturated heterocycles. The molecule has 1 aliphatic rings. The molecule has 652 valence electrons. The van der Waals surface area contributed by atoms with Gasteiger partial charge in [-0.25, -0.2) is 4.70 Å². The quantitative estimate of drug-likeness (QED) is 0.0207. The Morgan fingerprint density at radius 1 is 0.241 bits per heavy atom. The van der Waals surface area contributed by atoms with Gasteiger partial charge in [0.2, 0.25) is 11.4 Å². The van der Waals surface area contributed by atoms with Crippen LogP contribution in [0.15, 0.2) is 35.4 Å². The van der Waals surface area contributed by atoms with E-state index in [1.807, 2.05) is 0 Å². The average Bonchev–Trinajstić information content (AvgIpc) is 1.63. The summed E-state index contributed by atoms with van der Waals surface area (Å²) in [5.41, 5.74) is 29.2. The summed E-state index contributed by atoms with van der Waals surface area (Å²) in [7, 11) is 0. The fourth-order valence-corrected chi connectivity index (χ4v) is 17.2. The number of aryl methyl sites for hydroxylation is 4. The Balaban J connectivity index is 0.00000205. The first kappa shape index (κ1) is 110. The maximum absolute atomic E-state index is 13.1. The van der Waals surface area contributed by atoms with Gasteiger partial charge < -0.3 is 19.4 Å². The van der Waals surface area contributed by atoms with Crippen LogP contribution in [0.3, 0.4) is 0 Å². The molecule has 0 amide bonds. The largest absolute Gasteiger partial charge is 2.00 e. The summed E-state index contributed by atoms with van der Waals surface area (Å²) in [6.07, 6.45) is 106. The van der Waals surface area contributed by atoms with Crippen molar-refractivity contribution in [2.75, 3.05) is 0 Å². The molecule has 0 spiro atoms. The second kappa shape index (κ2) is 85.2. The van der Waals surface area contributed by atoms with E-state index in [2.05, 4.69) is 119 Å². The Labute approximate surface area is 719 Å². The van der Waals surface area contributed by atoms with Crippen molar-refractivity contribution in [3.8, 4) is 11.8 Å². The van der Waals surface area contributed by atoms with Gasteiger partial charge in [-0.3, -0.25) is 0 Å². The molecule has 0 atom stereocenters. The molecule has 3 rings (SSSR count). The number of allylic oxidation sites excluding steroid dienone is 2. The summed E-state index contributed by atoms with van der Waals surface area (Å²) in [6.45, 7) is 30.9. The van der Waals surface area contributed by atoms with Gasteiger partial charge in [-0.1, -0.05) is 473 Å². The molecule has 0 aromatic heterocycles. The van der Waals surface area contributed by atoms with Crippen molar-refractivity contribution >= 4 is 11.4 Å². The molecule has 1 aliphatic heterocycles. The minimum atomic E-state index is 0. The van der Waals surface area contributed by atoms with Crippen LogP contribution in [0, 0.1) is 25.7 Å². The zero-order valence-corrected chi connectivity index (χ0v) is 79.4. The molecule has 0 N–H and O–H groups in total. The number of hydrogen-bond acceptors (Lipinski definition) is 0. The summed E-state index contributed by atoms with van der Waals surface area (Å²) in [6, 6.07) is 10.1. The first-order chi connectivity index (χ1) is 54.8. The minimum absolute atomic E-state index is 0. The number of unbranched alkanes of at least 4 members (excludes halogenated alkanes) is 62. The Bertz CT molecular complexity index is 2340. The standard InChI is InChI=1S/C61H98N2.2C24H49.Pd/c1-9-17-25-32-38-50-46-54(47-51(39-33-26-18-10-2)56(50)43-36-29-21-13-5)60-58(42-24-16-8)59(45-31-23-15-7)61(63(60)62)55-48-52(40-34-27-19-11-3)57(44-37-30-22-14-6)53(49-55)41-35-28-20-12-4;2*1-3-5-7-9-11-13-15-17-19-21-23-24-22-20-18-16-14-12-10-8-6-4-2;/h46-49H,9-30,32-44H2,1-8H3;2*1,3-24H2,2H3;/q;2*-1;+2. The van der Waals surface area contributed by atoms with E-state index in [4.69, 9.17) is 0 Å². The van der Waals surface area contributed by atoms with Crippen LogP contribution in [0.1, 0.15) is 582 Å². The van der Waals surface area contributed by atoms with Gasteiger partial charge >= 0.3 is 20.4 Å². The molecule has 0 aliphatic carbocycles. The molecular weight excluding hydrogens is 1440 g/mol. The maximum atomic E-state index is 13.1. The van der Waals surface area contributed by atoms with E-state index in [0.717, 1.165) is 87.6 Å². The average molecular weight is 1640 g/mol. The first-order valence-electron chi connectivity index (χ1n) is 51.1. The van der Waals surface area contributed by atoms with Crippen LogP contribution in [0.25, 0.3) is 16.9 Å². The third-order valence-electron chi connectivity index (χ3n) is 24.5. The molecular formula is C109H196N2Pd. The number of nitrogens with zero attached hydrogens (tertiary/aromatic N) is 2. The molecule has 2 nitrogen and oxygen atoms in total. The van der Waals surface area contributed by atoms with Crippen LogP contribution in [0.2, 0.25) is 0 Å². The monoisotopic (exact) mass is 1640 g/mol. The zero-order valence-electron chi connectivity index (χ0n) is 77.8. The third-order valence-corrected chi connectivity index (χ3v) is 24.5. The second-order valence-corrected chi connectivity index (χ2v) is 35.3. The van der Waals surface area contributed by atoms with Gasteiger partial charge in [0.25, 0.3) is 0 Å². The van der Waals surface area contributed by atoms with E-state index < -0.39 is 0 Å². The first-order valence-corrected chi connectivity index (χ1v) is 51.1. The van der Waals surface area contributed by atoms with Crippen molar-refractivity contribution in [2.24, 2.45) is 0 Å². The molecule has 0 radical (unpaired) electrons. The zero-order chi connectivity index (χ0) is 80.6. The Hall–Kier alpha value is -2.26. The molecule has 112 heavy (non-hydrogen) atoms. The van der Waals surface area contributed by atoms with Crippen molar-refractivity contribution in [3.05, 3.63) is 99.3 Å². The number of hydrogen-bond donors (Lipinski definition) is 0. The summed E-state index contributed by atoms with van der Waals surface area (Å²) >= 11 is 0. The predicted molar refractivity (Wildman–Crippen MR) is 505 cm³/mol. The number of rotatable bonds is 78. The Morgan fingerprint density at radius 3 is 0.670 bits per heavy atom. The van der Waals surface area contributed by atoms with E-state index in [1.54, 1.807) is 27.0 Å². The van der Waals surface area contributed by atoms with Gasteiger partial charge in [0.05, 0.1) is 0 Å². The van der Waals surface area contributed by atoms with Gasteiger partial charge in [-0.05, 0) is 154 Å².